The number of carbonyl (C=O) groups is 2. The van der Waals surface area contributed by atoms with Crippen molar-refractivity contribution in [1.29, 1.82) is 0 Å². The van der Waals surface area contributed by atoms with Crippen LogP contribution in [0.5, 0.6) is 0 Å². The summed E-state index contributed by atoms with van der Waals surface area (Å²) in [6.45, 7) is 3.21. The lowest BCUT2D eigenvalue weighted by atomic mass is 10.3. The number of rotatable bonds is 1. The van der Waals surface area contributed by atoms with Crippen LogP contribution in [0.3, 0.4) is 0 Å². The smallest absolute Gasteiger partial charge is 0.316 e. The second-order valence-electron chi connectivity index (χ2n) is 2.73. The fraction of sp³-hybridized carbons (Fsp3) is 0.714. The summed E-state index contributed by atoms with van der Waals surface area (Å²) in [5.74, 6) is -0.472. The molecule has 0 spiro atoms. The molecule has 0 heterocycles. The fourth-order valence-corrected chi connectivity index (χ4v) is 0.868. The SMILES string of the molecule is CC(=O)OC(=O)C1CC1C. The van der Waals surface area contributed by atoms with E-state index in [1.165, 1.54) is 6.92 Å². The summed E-state index contributed by atoms with van der Waals surface area (Å²) < 4.78 is 4.37. The third-order valence-corrected chi connectivity index (χ3v) is 1.66. The van der Waals surface area contributed by atoms with Gasteiger partial charge in [-0.3, -0.25) is 9.59 Å². The molecule has 10 heavy (non-hydrogen) atoms. The molecule has 1 fully saturated rings. The highest BCUT2D eigenvalue weighted by molar-refractivity contribution is 5.87. The zero-order chi connectivity index (χ0) is 7.72. The van der Waals surface area contributed by atoms with Crippen LogP contribution in [0.4, 0.5) is 0 Å². The zero-order valence-corrected chi connectivity index (χ0v) is 6.09. The van der Waals surface area contributed by atoms with E-state index in [1.54, 1.807) is 0 Å². The highest BCUT2D eigenvalue weighted by Gasteiger charge is 2.41. The first-order chi connectivity index (χ1) is 4.61. The minimum Gasteiger partial charge on any atom is -0.393 e. The Bertz CT molecular complexity index is 174. The fourth-order valence-electron chi connectivity index (χ4n) is 0.868. The molecule has 0 aromatic carbocycles. The van der Waals surface area contributed by atoms with Gasteiger partial charge < -0.3 is 4.74 Å². The number of hydrogen-bond acceptors (Lipinski definition) is 3. The van der Waals surface area contributed by atoms with Gasteiger partial charge in [-0.05, 0) is 12.3 Å². The largest absolute Gasteiger partial charge is 0.393 e. The lowest BCUT2D eigenvalue weighted by Gasteiger charge is -1.95. The van der Waals surface area contributed by atoms with Crippen molar-refractivity contribution >= 4 is 11.9 Å². The predicted octanol–water partition coefficient (Wildman–Crippen LogP) is 0.732. The quantitative estimate of drug-likeness (QED) is 0.400. The van der Waals surface area contributed by atoms with Crippen LogP contribution >= 0.6 is 0 Å². The van der Waals surface area contributed by atoms with Gasteiger partial charge in [0.25, 0.3) is 0 Å². The van der Waals surface area contributed by atoms with Gasteiger partial charge in [-0.2, -0.15) is 0 Å². The molecular weight excluding hydrogens is 132 g/mol. The molecule has 0 aromatic heterocycles. The Morgan fingerprint density at radius 2 is 2.00 bits per heavy atom. The van der Waals surface area contributed by atoms with Crippen molar-refractivity contribution in [2.75, 3.05) is 0 Å². The molecule has 0 N–H and O–H groups in total. The van der Waals surface area contributed by atoms with Crippen molar-refractivity contribution in [3.8, 4) is 0 Å². The topological polar surface area (TPSA) is 43.4 Å². The first-order valence-electron chi connectivity index (χ1n) is 3.33. The van der Waals surface area contributed by atoms with Gasteiger partial charge in [0.15, 0.2) is 0 Å². The molecule has 1 saturated carbocycles. The third kappa shape index (κ3) is 1.56. The van der Waals surface area contributed by atoms with E-state index in [9.17, 15) is 9.59 Å². The summed E-state index contributed by atoms with van der Waals surface area (Å²) in [6.07, 6.45) is 0.867. The molecule has 0 aliphatic heterocycles. The summed E-state index contributed by atoms with van der Waals surface area (Å²) in [4.78, 5) is 21.0. The molecule has 0 amide bonds. The molecule has 2 atom stereocenters. The Morgan fingerprint density at radius 1 is 1.50 bits per heavy atom. The van der Waals surface area contributed by atoms with E-state index in [0.717, 1.165) is 6.42 Å². The summed E-state index contributed by atoms with van der Waals surface area (Å²) in [5, 5.41) is 0. The first-order valence-corrected chi connectivity index (χ1v) is 3.33. The Hall–Kier alpha value is -0.860. The third-order valence-electron chi connectivity index (χ3n) is 1.66. The first kappa shape index (κ1) is 7.25. The van der Waals surface area contributed by atoms with E-state index >= 15 is 0 Å². The Kier molecular flexibility index (Phi) is 1.74. The van der Waals surface area contributed by atoms with Gasteiger partial charge in [0.1, 0.15) is 0 Å². The van der Waals surface area contributed by atoms with E-state index < -0.39 is 5.97 Å². The monoisotopic (exact) mass is 142 g/mol. The molecule has 2 unspecified atom stereocenters. The van der Waals surface area contributed by atoms with Gasteiger partial charge in [0.05, 0.1) is 5.92 Å². The molecule has 3 heteroatoms. The van der Waals surface area contributed by atoms with Gasteiger partial charge in [0.2, 0.25) is 0 Å². The maximum atomic E-state index is 10.8. The number of hydrogen-bond donors (Lipinski definition) is 0. The molecule has 0 saturated heterocycles. The average Bonchev–Trinajstić information content (AvgIpc) is 2.44. The molecule has 1 aliphatic rings. The van der Waals surface area contributed by atoms with Gasteiger partial charge >= 0.3 is 11.9 Å². The maximum Gasteiger partial charge on any atom is 0.316 e. The zero-order valence-electron chi connectivity index (χ0n) is 6.09. The predicted molar refractivity (Wildman–Crippen MR) is 34.0 cm³/mol. The van der Waals surface area contributed by atoms with Crippen LogP contribution in [-0.2, 0) is 14.3 Å². The minimum atomic E-state index is -0.510. The highest BCUT2D eigenvalue weighted by atomic mass is 16.6. The van der Waals surface area contributed by atoms with Crippen LogP contribution in [0.15, 0.2) is 0 Å². The Balaban J connectivity index is 2.30. The Labute approximate surface area is 59.4 Å². The lowest BCUT2D eigenvalue weighted by Crippen LogP contribution is -2.11. The molecule has 0 radical (unpaired) electrons. The molecule has 0 bridgehead atoms. The molecule has 0 aromatic rings. The summed E-state index contributed by atoms with van der Waals surface area (Å²) in [5.41, 5.74) is 0. The summed E-state index contributed by atoms with van der Waals surface area (Å²) >= 11 is 0. The average molecular weight is 142 g/mol. The molecular formula is C7H10O3. The van der Waals surface area contributed by atoms with Crippen molar-refractivity contribution in [2.45, 2.75) is 20.3 Å². The van der Waals surface area contributed by atoms with Gasteiger partial charge in [-0.15, -0.1) is 0 Å². The normalized spacial score (nSPS) is 29.4. The second-order valence-corrected chi connectivity index (χ2v) is 2.73. The van der Waals surface area contributed by atoms with Gasteiger partial charge in [-0.1, -0.05) is 6.92 Å². The minimum absolute atomic E-state index is 0.0103. The van der Waals surface area contributed by atoms with Crippen LogP contribution in [0.1, 0.15) is 20.3 Å². The van der Waals surface area contributed by atoms with E-state index in [0.29, 0.717) is 5.92 Å². The summed E-state index contributed by atoms with van der Waals surface area (Å²) in [6, 6.07) is 0. The maximum absolute atomic E-state index is 10.8. The van der Waals surface area contributed by atoms with E-state index in [2.05, 4.69) is 4.74 Å². The number of esters is 2. The van der Waals surface area contributed by atoms with Crippen molar-refractivity contribution in [3.05, 3.63) is 0 Å². The van der Waals surface area contributed by atoms with Crippen LogP contribution in [-0.4, -0.2) is 11.9 Å². The highest BCUT2D eigenvalue weighted by Crippen LogP contribution is 2.38. The van der Waals surface area contributed by atoms with Crippen molar-refractivity contribution in [2.24, 2.45) is 11.8 Å². The van der Waals surface area contributed by atoms with Crippen molar-refractivity contribution < 1.29 is 14.3 Å². The van der Waals surface area contributed by atoms with Crippen LogP contribution < -0.4 is 0 Å². The van der Waals surface area contributed by atoms with Gasteiger partial charge in [-0.25, -0.2) is 0 Å². The number of carbonyl (C=O) groups excluding carboxylic acids is 2. The van der Waals surface area contributed by atoms with E-state index in [4.69, 9.17) is 0 Å². The van der Waals surface area contributed by atoms with Crippen LogP contribution in [0, 0.1) is 11.8 Å². The summed E-state index contributed by atoms with van der Waals surface area (Å²) in [7, 11) is 0. The van der Waals surface area contributed by atoms with Crippen molar-refractivity contribution in [3.63, 3.8) is 0 Å². The molecule has 1 rings (SSSR count). The number of ether oxygens (including phenoxy) is 1. The molecule has 56 valence electrons. The van der Waals surface area contributed by atoms with Crippen molar-refractivity contribution in [1.82, 2.24) is 0 Å². The lowest BCUT2D eigenvalue weighted by molar-refractivity contribution is -0.159. The Morgan fingerprint density at radius 3 is 2.30 bits per heavy atom. The molecule has 3 nitrogen and oxygen atoms in total. The van der Waals surface area contributed by atoms with E-state index in [-0.39, 0.29) is 11.9 Å². The second kappa shape index (κ2) is 2.40. The van der Waals surface area contributed by atoms with Gasteiger partial charge in [0, 0.05) is 6.92 Å². The standard InChI is InChI=1S/C7H10O3/c1-4-3-6(4)7(9)10-5(2)8/h4,6H,3H2,1-2H3. The van der Waals surface area contributed by atoms with Crippen LogP contribution in [0.25, 0.3) is 0 Å². The van der Waals surface area contributed by atoms with E-state index in [1.807, 2.05) is 6.92 Å². The molecule has 1 aliphatic carbocycles. The van der Waals surface area contributed by atoms with Crippen LogP contribution in [0.2, 0.25) is 0 Å².